The molecule has 0 spiro atoms. The van der Waals surface area contributed by atoms with Gasteiger partial charge in [-0.05, 0) is 50.5 Å². The molecule has 0 saturated carbocycles. The second-order valence-electron chi connectivity index (χ2n) is 6.67. The number of rotatable bonds is 8. The summed E-state index contributed by atoms with van der Waals surface area (Å²) in [6.07, 6.45) is 0.203. The van der Waals surface area contributed by atoms with Crippen LogP contribution in [0.5, 0.6) is 5.75 Å². The van der Waals surface area contributed by atoms with Gasteiger partial charge in [0.2, 0.25) is 5.91 Å². The molecule has 29 heavy (non-hydrogen) atoms. The van der Waals surface area contributed by atoms with Gasteiger partial charge in [-0.25, -0.2) is 4.39 Å². The second kappa shape index (κ2) is 10.5. The van der Waals surface area contributed by atoms with Gasteiger partial charge in [-0.15, -0.1) is 0 Å². The van der Waals surface area contributed by atoms with E-state index in [0.717, 1.165) is 0 Å². The zero-order chi connectivity index (χ0) is 21.6. The molecule has 2 aromatic rings. The number of halogens is 2. The molecule has 2 aromatic carbocycles. The van der Waals surface area contributed by atoms with Gasteiger partial charge in [0.15, 0.2) is 0 Å². The molecule has 0 fully saturated rings. The SMILES string of the molecule is COc1ccc(C(=O)Nc2ccc(F)c(Cl)c2)cc1NC(=O)C[C@@H](S)CN(C)C. The molecule has 0 radical (unpaired) electrons. The summed E-state index contributed by atoms with van der Waals surface area (Å²) < 4.78 is 18.5. The number of nitrogens with one attached hydrogen (secondary N) is 2. The van der Waals surface area contributed by atoms with E-state index in [4.69, 9.17) is 16.3 Å². The van der Waals surface area contributed by atoms with Crippen LogP contribution < -0.4 is 15.4 Å². The van der Waals surface area contributed by atoms with Crippen molar-refractivity contribution < 1.29 is 18.7 Å². The third-order valence-corrected chi connectivity index (χ3v) is 4.55. The van der Waals surface area contributed by atoms with Crippen LogP contribution >= 0.6 is 24.2 Å². The Bertz CT molecular complexity index is 895. The molecule has 0 unspecified atom stereocenters. The highest BCUT2D eigenvalue weighted by atomic mass is 35.5. The summed E-state index contributed by atoms with van der Waals surface area (Å²) in [6, 6.07) is 8.54. The van der Waals surface area contributed by atoms with E-state index in [1.807, 2.05) is 19.0 Å². The fraction of sp³-hybridized carbons (Fsp3) is 0.300. The number of benzene rings is 2. The van der Waals surface area contributed by atoms with Gasteiger partial charge in [-0.2, -0.15) is 12.6 Å². The number of anilines is 2. The van der Waals surface area contributed by atoms with Gasteiger partial charge in [0, 0.05) is 29.5 Å². The maximum atomic E-state index is 13.3. The van der Waals surface area contributed by atoms with Gasteiger partial charge >= 0.3 is 0 Å². The van der Waals surface area contributed by atoms with E-state index < -0.39 is 11.7 Å². The first-order valence-corrected chi connectivity index (χ1v) is 9.66. The number of carbonyl (C=O) groups excluding carboxylic acids is 2. The monoisotopic (exact) mass is 439 g/mol. The summed E-state index contributed by atoms with van der Waals surface area (Å²) in [7, 11) is 5.28. The summed E-state index contributed by atoms with van der Waals surface area (Å²) in [5.74, 6) is -0.836. The molecule has 0 aliphatic rings. The zero-order valence-electron chi connectivity index (χ0n) is 16.3. The first-order chi connectivity index (χ1) is 13.7. The van der Waals surface area contributed by atoms with E-state index in [1.165, 1.54) is 31.4 Å². The predicted molar refractivity (Wildman–Crippen MR) is 117 cm³/mol. The zero-order valence-corrected chi connectivity index (χ0v) is 18.0. The molecule has 1 atom stereocenters. The van der Waals surface area contributed by atoms with Crippen molar-refractivity contribution in [1.29, 1.82) is 0 Å². The smallest absolute Gasteiger partial charge is 0.255 e. The predicted octanol–water partition coefficient (Wildman–Crippen LogP) is 3.93. The lowest BCUT2D eigenvalue weighted by atomic mass is 10.1. The highest BCUT2D eigenvalue weighted by Crippen LogP contribution is 2.27. The minimum Gasteiger partial charge on any atom is -0.495 e. The van der Waals surface area contributed by atoms with Crippen molar-refractivity contribution in [1.82, 2.24) is 4.90 Å². The van der Waals surface area contributed by atoms with Gasteiger partial charge < -0.3 is 20.3 Å². The third-order valence-electron chi connectivity index (χ3n) is 3.91. The van der Waals surface area contributed by atoms with E-state index in [-0.39, 0.29) is 28.2 Å². The summed E-state index contributed by atoms with van der Waals surface area (Å²) in [4.78, 5) is 26.8. The van der Waals surface area contributed by atoms with Crippen LogP contribution in [0.4, 0.5) is 15.8 Å². The molecular weight excluding hydrogens is 417 g/mol. The highest BCUT2D eigenvalue weighted by molar-refractivity contribution is 7.81. The quantitative estimate of drug-likeness (QED) is 0.545. The molecule has 0 aliphatic carbocycles. The van der Waals surface area contributed by atoms with Crippen LogP contribution in [0.15, 0.2) is 36.4 Å². The van der Waals surface area contributed by atoms with Gasteiger partial charge in [-0.1, -0.05) is 11.6 Å². The van der Waals surface area contributed by atoms with Crippen molar-refractivity contribution in [3.8, 4) is 5.75 Å². The lowest BCUT2D eigenvalue weighted by Gasteiger charge is -2.17. The molecule has 2 N–H and O–H groups in total. The Hall–Kier alpha value is -2.29. The summed E-state index contributed by atoms with van der Waals surface area (Å²) in [5.41, 5.74) is 1.01. The molecule has 0 aliphatic heterocycles. The molecule has 0 bridgehead atoms. The van der Waals surface area contributed by atoms with Crippen molar-refractivity contribution >= 4 is 47.4 Å². The van der Waals surface area contributed by atoms with Crippen LogP contribution in [-0.4, -0.2) is 49.7 Å². The Morgan fingerprint density at radius 3 is 2.55 bits per heavy atom. The molecule has 6 nitrogen and oxygen atoms in total. The van der Waals surface area contributed by atoms with Crippen LogP contribution in [0.3, 0.4) is 0 Å². The lowest BCUT2D eigenvalue weighted by molar-refractivity contribution is -0.116. The Balaban J connectivity index is 2.13. The first kappa shape index (κ1) is 23.0. The maximum absolute atomic E-state index is 13.3. The van der Waals surface area contributed by atoms with E-state index in [9.17, 15) is 14.0 Å². The molecule has 0 heterocycles. The third kappa shape index (κ3) is 6.92. The minimum absolute atomic E-state index is 0.0930. The van der Waals surface area contributed by atoms with Crippen LogP contribution in [0.1, 0.15) is 16.8 Å². The van der Waals surface area contributed by atoms with Gasteiger partial charge in [0.25, 0.3) is 5.91 Å². The van der Waals surface area contributed by atoms with Crippen molar-refractivity contribution in [2.75, 3.05) is 38.4 Å². The Morgan fingerprint density at radius 2 is 1.93 bits per heavy atom. The highest BCUT2D eigenvalue weighted by Gasteiger charge is 2.16. The van der Waals surface area contributed by atoms with Gasteiger partial charge in [0.05, 0.1) is 17.8 Å². The van der Waals surface area contributed by atoms with Gasteiger partial charge in [-0.3, -0.25) is 9.59 Å². The van der Waals surface area contributed by atoms with E-state index in [2.05, 4.69) is 23.3 Å². The largest absolute Gasteiger partial charge is 0.495 e. The molecule has 2 rings (SSSR count). The Labute approximate surface area is 179 Å². The minimum atomic E-state index is -0.573. The van der Waals surface area contributed by atoms with E-state index in [0.29, 0.717) is 23.7 Å². The molecule has 9 heteroatoms. The molecule has 0 saturated heterocycles. The summed E-state index contributed by atoms with van der Waals surface area (Å²) in [5, 5.41) is 5.17. The van der Waals surface area contributed by atoms with Crippen LogP contribution in [0, 0.1) is 5.82 Å². The van der Waals surface area contributed by atoms with Crippen LogP contribution in [0.2, 0.25) is 5.02 Å². The number of amides is 2. The average molecular weight is 440 g/mol. The number of thiol groups is 1. The molecule has 2 amide bonds. The first-order valence-electron chi connectivity index (χ1n) is 8.76. The number of carbonyl (C=O) groups is 2. The number of hydrogen-bond donors (Lipinski definition) is 3. The van der Waals surface area contributed by atoms with Crippen LogP contribution in [0.25, 0.3) is 0 Å². The molecular formula is C20H23ClFN3O3S. The topological polar surface area (TPSA) is 70.7 Å². The maximum Gasteiger partial charge on any atom is 0.255 e. The standard InChI is InChI=1S/C20H23ClFN3O3S/c1-25(2)11-14(29)10-19(26)24-17-8-12(4-7-18(17)28-3)20(27)23-13-5-6-16(22)15(21)9-13/h4-9,14,29H,10-11H2,1-3H3,(H,23,27)(H,24,26)/t14-/m1/s1. The lowest BCUT2D eigenvalue weighted by Crippen LogP contribution is -2.26. The fourth-order valence-electron chi connectivity index (χ4n) is 2.63. The normalized spacial score (nSPS) is 11.8. The average Bonchev–Trinajstić information content (AvgIpc) is 2.63. The Morgan fingerprint density at radius 1 is 1.21 bits per heavy atom. The Kier molecular flexibility index (Phi) is 8.31. The summed E-state index contributed by atoms with van der Waals surface area (Å²) >= 11 is 10.2. The second-order valence-corrected chi connectivity index (χ2v) is 7.80. The van der Waals surface area contributed by atoms with E-state index in [1.54, 1.807) is 12.1 Å². The molecule has 156 valence electrons. The number of ether oxygens (including phenoxy) is 1. The summed E-state index contributed by atoms with van der Waals surface area (Å²) in [6.45, 7) is 0.649. The number of hydrogen-bond acceptors (Lipinski definition) is 5. The van der Waals surface area contributed by atoms with Crippen molar-refractivity contribution in [2.24, 2.45) is 0 Å². The van der Waals surface area contributed by atoms with Crippen molar-refractivity contribution in [2.45, 2.75) is 11.7 Å². The van der Waals surface area contributed by atoms with Crippen LogP contribution in [-0.2, 0) is 4.79 Å². The van der Waals surface area contributed by atoms with Crippen molar-refractivity contribution in [3.05, 3.63) is 52.8 Å². The van der Waals surface area contributed by atoms with E-state index >= 15 is 0 Å². The van der Waals surface area contributed by atoms with Gasteiger partial charge in [0.1, 0.15) is 11.6 Å². The van der Waals surface area contributed by atoms with Crippen molar-refractivity contribution in [3.63, 3.8) is 0 Å². The molecule has 0 aromatic heterocycles. The number of methoxy groups -OCH3 is 1. The number of nitrogens with zero attached hydrogens (tertiary/aromatic N) is 1. The fourth-order valence-corrected chi connectivity index (χ4v) is 3.30.